The van der Waals surface area contributed by atoms with Crippen LogP contribution in [0.3, 0.4) is 0 Å². The van der Waals surface area contributed by atoms with Gasteiger partial charge in [0.25, 0.3) is 5.91 Å². The molecule has 0 aliphatic carbocycles. The number of carbonyl (C=O) groups is 1. The SMILES string of the molecule is CC(O)CC1CCCN1C(=O)c1cccc(Cl)c1. The third-order valence-corrected chi connectivity index (χ3v) is 3.56. The number of nitrogens with zero attached hydrogens (tertiary/aromatic N) is 1. The van der Waals surface area contributed by atoms with E-state index in [0.717, 1.165) is 19.4 Å². The van der Waals surface area contributed by atoms with Crippen LogP contribution in [0.2, 0.25) is 5.02 Å². The molecule has 0 saturated carbocycles. The Kier molecular flexibility index (Phi) is 4.25. The molecule has 1 heterocycles. The van der Waals surface area contributed by atoms with Gasteiger partial charge in [-0.25, -0.2) is 0 Å². The molecule has 1 fully saturated rings. The summed E-state index contributed by atoms with van der Waals surface area (Å²) >= 11 is 5.91. The van der Waals surface area contributed by atoms with Crippen LogP contribution in [-0.2, 0) is 0 Å². The van der Waals surface area contributed by atoms with Crippen molar-refractivity contribution in [3.63, 3.8) is 0 Å². The first-order chi connectivity index (χ1) is 8.58. The van der Waals surface area contributed by atoms with Gasteiger partial charge in [0.1, 0.15) is 0 Å². The molecule has 1 saturated heterocycles. The van der Waals surface area contributed by atoms with Crippen molar-refractivity contribution >= 4 is 17.5 Å². The number of rotatable bonds is 3. The van der Waals surface area contributed by atoms with E-state index in [0.29, 0.717) is 17.0 Å². The van der Waals surface area contributed by atoms with Crippen molar-refractivity contribution in [3.05, 3.63) is 34.9 Å². The quantitative estimate of drug-likeness (QED) is 0.915. The second-order valence-corrected chi connectivity index (χ2v) is 5.33. The van der Waals surface area contributed by atoms with E-state index in [1.54, 1.807) is 31.2 Å². The third-order valence-electron chi connectivity index (χ3n) is 3.32. The van der Waals surface area contributed by atoms with Gasteiger partial charge in [0, 0.05) is 23.2 Å². The number of amides is 1. The fourth-order valence-corrected chi connectivity index (χ4v) is 2.72. The molecule has 3 nitrogen and oxygen atoms in total. The highest BCUT2D eigenvalue weighted by Gasteiger charge is 2.30. The zero-order valence-corrected chi connectivity index (χ0v) is 11.2. The van der Waals surface area contributed by atoms with Gasteiger partial charge in [0.15, 0.2) is 0 Å². The molecule has 2 unspecified atom stereocenters. The molecule has 2 atom stereocenters. The lowest BCUT2D eigenvalue weighted by molar-refractivity contribution is 0.0682. The molecule has 4 heteroatoms. The minimum atomic E-state index is -0.372. The molecular formula is C14H18ClNO2. The molecular weight excluding hydrogens is 250 g/mol. The van der Waals surface area contributed by atoms with Crippen molar-refractivity contribution < 1.29 is 9.90 Å². The smallest absolute Gasteiger partial charge is 0.254 e. The first-order valence-electron chi connectivity index (χ1n) is 6.32. The van der Waals surface area contributed by atoms with Gasteiger partial charge in [-0.1, -0.05) is 17.7 Å². The van der Waals surface area contributed by atoms with E-state index in [1.165, 1.54) is 0 Å². The van der Waals surface area contributed by atoms with Gasteiger partial charge in [-0.3, -0.25) is 4.79 Å². The van der Waals surface area contributed by atoms with Crippen LogP contribution in [0.5, 0.6) is 0 Å². The molecule has 1 aromatic rings. The molecule has 1 aliphatic heterocycles. The Bertz CT molecular complexity index is 434. The summed E-state index contributed by atoms with van der Waals surface area (Å²) in [5, 5.41) is 10.0. The summed E-state index contributed by atoms with van der Waals surface area (Å²) in [6, 6.07) is 7.18. The molecule has 1 N–H and O–H groups in total. The minimum absolute atomic E-state index is 0.0145. The van der Waals surface area contributed by atoms with E-state index in [9.17, 15) is 9.90 Å². The zero-order valence-electron chi connectivity index (χ0n) is 10.5. The van der Waals surface area contributed by atoms with Gasteiger partial charge in [0.2, 0.25) is 0 Å². The summed E-state index contributed by atoms with van der Waals surface area (Å²) in [4.78, 5) is 14.2. The summed E-state index contributed by atoms with van der Waals surface area (Å²) < 4.78 is 0. The lowest BCUT2D eigenvalue weighted by Crippen LogP contribution is -2.37. The Labute approximate surface area is 112 Å². The molecule has 0 bridgehead atoms. The van der Waals surface area contributed by atoms with Gasteiger partial charge < -0.3 is 10.0 Å². The highest BCUT2D eigenvalue weighted by atomic mass is 35.5. The summed E-state index contributed by atoms with van der Waals surface area (Å²) in [6.45, 7) is 2.53. The second kappa shape index (κ2) is 5.72. The van der Waals surface area contributed by atoms with Crippen LogP contribution in [0, 0.1) is 0 Å². The summed E-state index contributed by atoms with van der Waals surface area (Å²) in [5.41, 5.74) is 0.625. The Balaban J connectivity index is 2.12. The number of aliphatic hydroxyl groups is 1. The maximum Gasteiger partial charge on any atom is 0.254 e. The molecule has 0 spiro atoms. The van der Waals surface area contributed by atoms with E-state index in [-0.39, 0.29) is 18.1 Å². The van der Waals surface area contributed by atoms with Gasteiger partial charge in [-0.05, 0) is 44.4 Å². The normalized spacial score (nSPS) is 21.1. The minimum Gasteiger partial charge on any atom is -0.393 e. The van der Waals surface area contributed by atoms with Crippen LogP contribution >= 0.6 is 11.6 Å². The molecule has 2 rings (SSSR count). The van der Waals surface area contributed by atoms with Gasteiger partial charge in [-0.15, -0.1) is 0 Å². The number of likely N-dealkylation sites (tertiary alicyclic amines) is 1. The number of hydrogen-bond donors (Lipinski definition) is 1. The average molecular weight is 268 g/mol. The van der Waals surface area contributed by atoms with Crippen molar-refractivity contribution in [1.29, 1.82) is 0 Å². The monoisotopic (exact) mass is 267 g/mol. The van der Waals surface area contributed by atoms with Crippen LogP contribution in [0.1, 0.15) is 36.5 Å². The van der Waals surface area contributed by atoms with E-state index in [4.69, 9.17) is 11.6 Å². The largest absolute Gasteiger partial charge is 0.393 e. The Morgan fingerprint density at radius 2 is 2.39 bits per heavy atom. The summed E-state index contributed by atoms with van der Waals surface area (Å²) in [5.74, 6) is 0.0145. The number of halogens is 1. The molecule has 0 aromatic heterocycles. The number of hydrogen-bond acceptors (Lipinski definition) is 2. The molecule has 1 aromatic carbocycles. The summed E-state index contributed by atoms with van der Waals surface area (Å²) in [6.07, 6.45) is 2.25. The van der Waals surface area contributed by atoms with Crippen molar-refractivity contribution in [2.75, 3.05) is 6.54 Å². The Morgan fingerprint density at radius 3 is 3.06 bits per heavy atom. The van der Waals surface area contributed by atoms with E-state index < -0.39 is 0 Å². The van der Waals surface area contributed by atoms with Crippen molar-refractivity contribution in [2.24, 2.45) is 0 Å². The fraction of sp³-hybridized carbons (Fsp3) is 0.500. The number of aliphatic hydroxyl groups excluding tert-OH is 1. The maximum atomic E-state index is 12.4. The van der Waals surface area contributed by atoms with Gasteiger partial charge >= 0.3 is 0 Å². The van der Waals surface area contributed by atoms with E-state index in [2.05, 4.69) is 0 Å². The van der Waals surface area contributed by atoms with Crippen LogP contribution in [0.15, 0.2) is 24.3 Å². The first kappa shape index (κ1) is 13.4. The van der Waals surface area contributed by atoms with Gasteiger partial charge in [-0.2, -0.15) is 0 Å². The van der Waals surface area contributed by atoms with Crippen LogP contribution in [0.4, 0.5) is 0 Å². The van der Waals surface area contributed by atoms with Crippen molar-refractivity contribution in [3.8, 4) is 0 Å². The zero-order chi connectivity index (χ0) is 13.1. The van der Waals surface area contributed by atoms with E-state index in [1.807, 2.05) is 4.90 Å². The maximum absolute atomic E-state index is 12.4. The highest BCUT2D eigenvalue weighted by molar-refractivity contribution is 6.30. The highest BCUT2D eigenvalue weighted by Crippen LogP contribution is 2.24. The lowest BCUT2D eigenvalue weighted by atomic mass is 10.1. The number of carbonyl (C=O) groups excluding carboxylic acids is 1. The first-order valence-corrected chi connectivity index (χ1v) is 6.70. The standard InChI is InChI=1S/C14H18ClNO2/c1-10(17)8-13-6-3-7-16(13)14(18)11-4-2-5-12(15)9-11/h2,4-5,9-10,13,17H,3,6-8H2,1H3. The predicted octanol–water partition coefficient (Wildman–Crippen LogP) is 2.72. The van der Waals surface area contributed by atoms with Crippen molar-refractivity contribution in [1.82, 2.24) is 4.90 Å². The van der Waals surface area contributed by atoms with E-state index >= 15 is 0 Å². The van der Waals surface area contributed by atoms with Crippen LogP contribution in [0.25, 0.3) is 0 Å². The van der Waals surface area contributed by atoms with Crippen molar-refractivity contribution in [2.45, 2.75) is 38.3 Å². The third kappa shape index (κ3) is 3.03. The molecule has 18 heavy (non-hydrogen) atoms. The Hall–Kier alpha value is -1.06. The van der Waals surface area contributed by atoms with Gasteiger partial charge in [0.05, 0.1) is 6.10 Å². The fourth-order valence-electron chi connectivity index (χ4n) is 2.53. The van der Waals surface area contributed by atoms with Crippen LogP contribution < -0.4 is 0 Å². The number of benzene rings is 1. The second-order valence-electron chi connectivity index (χ2n) is 4.89. The predicted molar refractivity (Wildman–Crippen MR) is 71.8 cm³/mol. The average Bonchev–Trinajstić information content (AvgIpc) is 2.75. The summed E-state index contributed by atoms with van der Waals surface area (Å²) in [7, 11) is 0. The van der Waals surface area contributed by atoms with Crippen LogP contribution in [-0.4, -0.2) is 34.6 Å². The molecule has 0 radical (unpaired) electrons. The topological polar surface area (TPSA) is 40.5 Å². The Morgan fingerprint density at radius 1 is 1.61 bits per heavy atom. The molecule has 98 valence electrons. The lowest BCUT2D eigenvalue weighted by Gasteiger charge is -2.25. The molecule has 1 amide bonds. The molecule has 1 aliphatic rings.